The van der Waals surface area contributed by atoms with E-state index in [1.165, 1.54) is 17.8 Å². The Hall–Kier alpha value is -4.21. The van der Waals surface area contributed by atoms with E-state index in [-0.39, 0.29) is 18.4 Å². The number of nitrogens with one attached hydrogen (secondary N) is 2. The number of hydrogen-bond acceptors (Lipinski definition) is 7. The summed E-state index contributed by atoms with van der Waals surface area (Å²) in [6.07, 6.45) is 3.14. The highest BCUT2D eigenvalue weighted by Crippen LogP contribution is 2.26. The van der Waals surface area contributed by atoms with Gasteiger partial charge in [0, 0.05) is 18.2 Å². The normalized spacial score (nSPS) is 10.7. The molecule has 0 aliphatic heterocycles. The summed E-state index contributed by atoms with van der Waals surface area (Å²) in [5.74, 6) is 0.648. The van der Waals surface area contributed by atoms with E-state index in [9.17, 15) is 9.59 Å². The first-order valence-electron chi connectivity index (χ1n) is 9.30. The number of carbonyl (C=O) groups excluding carboxylic acids is 2. The summed E-state index contributed by atoms with van der Waals surface area (Å²) in [5, 5.41) is 14.7. The van der Waals surface area contributed by atoms with Crippen LogP contribution in [-0.4, -0.2) is 47.2 Å². The van der Waals surface area contributed by atoms with Gasteiger partial charge >= 0.3 is 0 Å². The molecule has 0 atom stereocenters. The minimum atomic E-state index is -0.361. The maximum atomic E-state index is 12.1. The molecule has 0 aliphatic carbocycles. The van der Waals surface area contributed by atoms with Crippen molar-refractivity contribution in [2.45, 2.75) is 13.5 Å². The van der Waals surface area contributed by atoms with Crippen LogP contribution in [0.5, 0.6) is 11.5 Å². The highest BCUT2D eigenvalue weighted by molar-refractivity contribution is 5.89. The zero-order chi connectivity index (χ0) is 22.2. The minimum absolute atomic E-state index is 0.0539. The Labute approximate surface area is 178 Å². The molecule has 10 heteroatoms. The van der Waals surface area contributed by atoms with Crippen molar-refractivity contribution in [2.75, 3.05) is 19.5 Å². The quantitative estimate of drug-likeness (QED) is 0.424. The third-order valence-electron chi connectivity index (χ3n) is 4.13. The molecule has 31 heavy (non-hydrogen) atoms. The fourth-order valence-electron chi connectivity index (χ4n) is 2.76. The zero-order valence-corrected chi connectivity index (χ0v) is 17.3. The lowest BCUT2D eigenvalue weighted by Crippen LogP contribution is -2.23. The maximum absolute atomic E-state index is 12.1. The van der Waals surface area contributed by atoms with Crippen LogP contribution in [0.25, 0.3) is 11.3 Å². The maximum Gasteiger partial charge on any atom is 0.261 e. The molecule has 2 aromatic carbocycles. The van der Waals surface area contributed by atoms with Gasteiger partial charge in [-0.25, -0.2) is 10.1 Å². The van der Waals surface area contributed by atoms with Gasteiger partial charge in [0.25, 0.3) is 5.91 Å². The Morgan fingerprint density at radius 3 is 2.68 bits per heavy atom. The summed E-state index contributed by atoms with van der Waals surface area (Å²) in [4.78, 5) is 23.4. The number of nitrogens with zero attached hydrogens (tertiary/aromatic N) is 4. The summed E-state index contributed by atoms with van der Waals surface area (Å²) in [7, 11) is 3.10. The van der Waals surface area contributed by atoms with Crippen molar-refractivity contribution in [3.63, 3.8) is 0 Å². The van der Waals surface area contributed by atoms with Crippen LogP contribution in [0.3, 0.4) is 0 Å². The number of aromatic nitrogens is 3. The number of hydrogen-bond donors (Lipinski definition) is 2. The third kappa shape index (κ3) is 5.89. The van der Waals surface area contributed by atoms with E-state index in [0.717, 1.165) is 11.1 Å². The molecule has 2 N–H and O–H groups in total. The molecule has 0 spiro atoms. The van der Waals surface area contributed by atoms with Gasteiger partial charge in [-0.2, -0.15) is 5.10 Å². The fourth-order valence-corrected chi connectivity index (χ4v) is 2.76. The second-order valence-electron chi connectivity index (χ2n) is 6.47. The first-order valence-corrected chi connectivity index (χ1v) is 9.30. The van der Waals surface area contributed by atoms with Crippen molar-refractivity contribution in [2.24, 2.45) is 5.10 Å². The van der Waals surface area contributed by atoms with Crippen LogP contribution in [0.4, 0.5) is 5.69 Å². The summed E-state index contributed by atoms with van der Waals surface area (Å²) < 4.78 is 11.8. The molecule has 3 rings (SSSR count). The van der Waals surface area contributed by atoms with Gasteiger partial charge in [-0.05, 0) is 35.9 Å². The van der Waals surface area contributed by atoms with Gasteiger partial charge < -0.3 is 14.8 Å². The molecule has 160 valence electrons. The number of carbonyl (C=O) groups is 2. The van der Waals surface area contributed by atoms with Gasteiger partial charge in [-0.15, -0.1) is 5.10 Å². The summed E-state index contributed by atoms with van der Waals surface area (Å²) in [5.41, 5.74) is 5.18. The molecule has 10 nitrogen and oxygen atoms in total. The first-order chi connectivity index (χ1) is 15.0. The average molecular weight is 422 g/mol. The number of benzene rings is 2. The van der Waals surface area contributed by atoms with Gasteiger partial charge in [0.05, 0.1) is 26.6 Å². The van der Waals surface area contributed by atoms with E-state index in [0.29, 0.717) is 22.9 Å². The van der Waals surface area contributed by atoms with Crippen molar-refractivity contribution in [1.29, 1.82) is 0 Å². The molecule has 0 fully saturated rings. The summed E-state index contributed by atoms with van der Waals surface area (Å²) >= 11 is 0. The highest BCUT2D eigenvalue weighted by Gasteiger charge is 2.08. The third-order valence-corrected chi connectivity index (χ3v) is 4.13. The molecule has 1 aromatic heterocycles. The average Bonchev–Trinajstić information content (AvgIpc) is 3.21. The SMILES string of the molecule is COc1ccc(C=NNC(=O)Cn2cc(-c3cccc(NC(C)=O)c3)nn2)cc1OC. The topological polar surface area (TPSA) is 120 Å². The van der Waals surface area contributed by atoms with Crippen LogP contribution in [-0.2, 0) is 16.1 Å². The fraction of sp³-hybridized carbons (Fsp3) is 0.190. The number of anilines is 1. The van der Waals surface area contributed by atoms with Crippen LogP contribution in [0, 0.1) is 0 Å². The molecule has 2 amide bonds. The molecule has 0 unspecified atom stereocenters. The smallest absolute Gasteiger partial charge is 0.261 e. The Morgan fingerprint density at radius 1 is 1.13 bits per heavy atom. The Kier molecular flexibility index (Phi) is 6.94. The first kappa shape index (κ1) is 21.5. The number of ether oxygens (including phenoxy) is 2. The van der Waals surface area contributed by atoms with Gasteiger partial charge in [-0.3, -0.25) is 9.59 Å². The Bertz CT molecular complexity index is 1110. The van der Waals surface area contributed by atoms with Gasteiger partial charge in [0.1, 0.15) is 12.2 Å². The summed E-state index contributed by atoms with van der Waals surface area (Å²) in [6.45, 7) is 1.39. The standard InChI is InChI=1S/C21H22N6O4/c1-14(28)23-17-6-4-5-16(10-17)18-12-27(26-24-18)13-21(29)25-22-11-15-7-8-19(30-2)20(9-15)31-3/h4-12H,13H2,1-3H3,(H,23,28)(H,25,29). The van der Waals surface area contributed by atoms with E-state index in [1.54, 1.807) is 56.8 Å². The van der Waals surface area contributed by atoms with E-state index in [4.69, 9.17) is 9.47 Å². The number of methoxy groups -OCH3 is 2. The second-order valence-corrected chi connectivity index (χ2v) is 6.47. The van der Waals surface area contributed by atoms with Crippen LogP contribution in [0.2, 0.25) is 0 Å². The summed E-state index contributed by atoms with van der Waals surface area (Å²) in [6, 6.07) is 12.5. The number of amides is 2. The van der Waals surface area contributed by atoms with Gasteiger partial charge in [-0.1, -0.05) is 17.3 Å². The molecule has 3 aromatic rings. The van der Waals surface area contributed by atoms with E-state index in [1.807, 2.05) is 6.07 Å². The lowest BCUT2D eigenvalue weighted by atomic mass is 10.1. The van der Waals surface area contributed by atoms with E-state index in [2.05, 4.69) is 26.2 Å². The van der Waals surface area contributed by atoms with Gasteiger partial charge in [0.15, 0.2) is 11.5 Å². The van der Waals surface area contributed by atoms with Crippen LogP contribution in [0.15, 0.2) is 53.8 Å². The van der Waals surface area contributed by atoms with E-state index >= 15 is 0 Å². The van der Waals surface area contributed by atoms with Crippen molar-refractivity contribution >= 4 is 23.7 Å². The molecular weight excluding hydrogens is 400 g/mol. The number of hydrazone groups is 1. The lowest BCUT2D eigenvalue weighted by molar-refractivity contribution is -0.121. The molecule has 0 saturated carbocycles. The molecule has 0 aliphatic rings. The van der Waals surface area contributed by atoms with Crippen molar-refractivity contribution in [1.82, 2.24) is 20.4 Å². The van der Waals surface area contributed by atoms with Crippen LogP contribution >= 0.6 is 0 Å². The minimum Gasteiger partial charge on any atom is -0.493 e. The molecule has 1 heterocycles. The zero-order valence-electron chi connectivity index (χ0n) is 17.3. The predicted molar refractivity (Wildman–Crippen MR) is 115 cm³/mol. The Morgan fingerprint density at radius 2 is 1.94 bits per heavy atom. The van der Waals surface area contributed by atoms with Crippen molar-refractivity contribution in [3.8, 4) is 22.8 Å². The molecule has 0 saturated heterocycles. The largest absolute Gasteiger partial charge is 0.493 e. The molecular formula is C21H22N6O4. The Balaban J connectivity index is 1.59. The van der Waals surface area contributed by atoms with Crippen LogP contribution < -0.4 is 20.2 Å². The van der Waals surface area contributed by atoms with Gasteiger partial charge in [0.2, 0.25) is 5.91 Å². The van der Waals surface area contributed by atoms with E-state index < -0.39 is 0 Å². The van der Waals surface area contributed by atoms with Crippen LogP contribution in [0.1, 0.15) is 12.5 Å². The number of rotatable bonds is 8. The monoisotopic (exact) mass is 422 g/mol. The lowest BCUT2D eigenvalue weighted by Gasteiger charge is -2.07. The molecule has 0 radical (unpaired) electrons. The van der Waals surface area contributed by atoms with Crippen molar-refractivity contribution in [3.05, 3.63) is 54.2 Å². The van der Waals surface area contributed by atoms with Crippen molar-refractivity contribution < 1.29 is 19.1 Å². The predicted octanol–water partition coefficient (Wildman–Crippen LogP) is 2.07. The molecule has 0 bridgehead atoms. The second kappa shape index (κ2) is 10.0. The highest BCUT2D eigenvalue weighted by atomic mass is 16.5.